The van der Waals surface area contributed by atoms with Gasteiger partial charge in [-0.05, 0) is 6.42 Å². The number of nitrogens with two attached hydrogens (primary N) is 1. The minimum absolute atomic E-state index is 0.316. The fraction of sp³-hybridized carbons (Fsp3) is 0.750. The Balaban J connectivity index is 3.04. The molecule has 0 atom stereocenters. The SMILES string of the molecule is CCCCCC/C(O)=C/N. The summed E-state index contributed by atoms with van der Waals surface area (Å²) in [6.07, 6.45) is 6.72. The van der Waals surface area contributed by atoms with E-state index in [1.165, 1.54) is 25.5 Å². The third kappa shape index (κ3) is 5.48. The number of aliphatic hydroxyl groups excluding tert-OH is 1. The number of allylic oxidation sites excluding steroid dienone is 1. The van der Waals surface area contributed by atoms with Crippen LogP contribution in [0.4, 0.5) is 0 Å². The van der Waals surface area contributed by atoms with E-state index >= 15 is 0 Å². The predicted octanol–water partition coefficient (Wildman–Crippen LogP) is 2.31. The molecule has 3 N–H and O–H groups in total. The Labute approximate surface area is 62.7 Å². The highest BCUT2D eigenvalue weighted by molar-refractivity contribution is 4.85. The second kappa shape index (κ2) is 6.46. The summed E-state index contributed by atoms with van der Waals surface area (Å²) < 4.78 is 0. The van der Waals surface area contributed by atoms with Crippen molar-refractivity contribution in [3.05, 3.63) is 12.0 Å². The maximum absolute atomic E-state index is 8.89. The Morgan fingerprint density at radius 1 is 1.40 bits per heavy atom. The van der Waals surface area contributed by atoms with Crippen molar-refractivity contribution in [3.63, 3.8) is 0 Å². The van der Waals surface area contributed by atoms with Crippen molar-refractivity contribution in [2.75, 3.05) is 0 Å². The summed E-state index contributed by atoms with van der Waals surface area (Å²) in [5.41, 5.74) is 5.07. The Kier molecular flexibility index (Phi) is 6.03. The van der Waals surface area contributed by atoms with E-state index in [-0.39, 0.29) is 0 Å². The van der Waals surface area contributed by atoms with Gasteiger partial charge in [-0.3, -0.25) is 0 Å². The minimum Gasteiger partial charge on any atom is -0.511 e. The van der Waals surface area contributed by atoms with Gasteiger partial charge < -0.3 is 10.8 Å². The van der Waals surface area contributed by atoms with Crippen LogP contribution in [0.3, 0.4) is 0 Å². The molecule has 0 spiro atoms. The largest absolute Gasteiger partial charge is 0.511 e. The smallest absolute Gasteiger partial charge is 0.108 e. The van der Waals surface area contributed by atoms with E-state index in [0.717, 1.165) is 12.8 Å². The lowest BCUT2D eigenvalue weighted by Gasteiger charge is -1.97. The van der Waals surface area contributed by atoms with Crippen molar-refractivity contribution >= 4 is 0 Å². The van der Waals surface area contributed by atoms with E-state index in [2.05, 4.69) is 6.92 Å². The van der Waals surface area contributed by atoms with Crippen LogP contribution in [0.15, 0.2) is 12.0 Å². The van der Waals surface area contributed by atoms with E-state index < -0.39 is 0 Å². The monoisotopic (exact) mass is 143 g/mol. The summed E-state index contributed by atoms with van der Waals surface area (Å²) in [4.78, 5) is 0. The second-order valence-electron chi connectivity index (χ2n) is 2.47. The second-order valence-corrected chi connectivity index (χ2v) is 2.47. The van der Waals surface area contributed by atoms with E-state index in [0.29, 0.717) is 5.76 Å². The van der Waals surface area contributed by atoms with Crippen LogP contribution in [-0.4, -0.2) is 5.11 Å². The summed E-state index contributed by atoms with van der Waals surface area (Å²) in [7, 11) is 0. The molecule has 0 heterocycles. The van der Waals surface area contributed by atoms with E-state index in [9.17, 15) is 0 Å². The first kappa shape index (κ1) is 9.34. The molecule has 0 aliphatic heterocycles. The van der Waals surface area contributed by atoms with Gasteiger partial charge in [0.25, 0.3) is 0 Å². The first-order valence-corrected chi connectivity index (χ1v) is 3.91. The number of rotatable bonds is 5. The molecule has 0 fully saturated rings. The number of hydrogen-bond donors (Lipinski definition) is 2. The third-order valence-electron chi connectivity index (χ3n) is 1.48. The van der Waals surface area contributed by atoms with Crippen LogP contribution in [0, 0.1) is 0 Å². The van der Waals surface area contributed by atoms with Crippen LogP contribution in [0.1, 0.15) is 39.0 Å². The molecule has 0 saturated heterocycles. The molecule has 0 unspecified atom stereocenters. The van der Waals surface area contributed by atoms with Gasteiger partial charge in [-0.15, -0.1) is 0 Å². The molecule has 0 aliphatic rings. The summed E-state index contributed by atoms with van der Waals surface area (Å²) in [6.45, 7) is 2.17. The van der Waals surface area contributed by atoms with Gasteiger partial charge >= 0.3 is 0 Å². The van der Waals surface area contributed by atoms with Gasteiger partial charge in [-0.1, -0.05) is 26.2 Å². The summed E-state index contributed by atoms with van der Waals surface area (Å²) in [5.74, 6) is 0.316. The van der Waals surface area contributed by atoms with Crippen LogP contribution in [0.2, 0.25) is 0 Å². The molecule has 0 aromatic carbocycles. The molecule has 10 heavy (non-hydrogen) atoms. The van der Waals surface area contributed by atoms with E-state index in [1.54, 1.807) is 0 Å². The first-order chi connectivity index (χ1) is 4.81. The molecule has 0 saturated carbocycles. The highest BCUT2D eigenvalue weighted by Gasteiger charge is 1.91. The highest BCUT2D eigenvalue weighted by atomic mass is 16.3. The molecule has 2 nitrogen and oxygen atoms in total. The van der Waals surface area contributed by atoms with Gasteiger partial charge in [0, 0.05) is 12.6 Å². The normalized spacial score (nSPS) is 11.9. The molecule has 0 aliphatic carbocycles. The zero-order chi connectivity index (χ0) is 7.82. The third-order valence-corrected chi connectivity index (χ3v) is 1.48. The Bertz CT molecular complexity index is 99.4. The quantitative estimate of drug-likeness (QED) is 0.458. The Hall–Kier alpha value is -0.660. The van der Waals surface area contributed by atoms with Gasteiger partial charge in [0.1, 0.15) is 5.76 Å². The van der Waals surface area contributed by atoms with E-state index in [1.807, 2.05) is 0 Å². The van der Waals surface area contributed by atoms with Crippen LogP contribution in [0.25, 0.3) is 0 Å². The Morgan fingerprint density at radius 3 is 2.60 bits per heavy atom. The molecular formula is C8H17NO. The molecule has 2 heteroatoms. The standard InChI is InChI=1S/C8H17NO/c1-2-3-4-5-6-8(10)7-9/h7,10H,2-6,9H2,1H3/b8-7-. The molecule has 0 aromatic rings. The lowest BCUT2D eigenvalue weighted by molar-refractivity contribution is 0.379. The lowest BCUT2D eigenvalue weighted by atomic mass is 10.1. The number of aliphatic hydroxyl groups is 1. The zero-order valence-electron chi connectivity index (χ0n) is 6.64. The average molecular weight is 143 g/mol. The van der Waals surface area contributed by atoms with Gasteiger partial charge in [0.2, 0.25) is 0 Å². The molecule has 0 bridgehead atoms. The lowest BCUT2D eigenvalue weighted by Crippen LogP contribution is -1.88. The Morgan fingerprint density at radius 2 is 2.10 bits per heavy atom. The summed E-state index contributed by atoms with van der Waals surface area (Å²) in [5, 5.41) is 8.89. The van der Waals surface area contributed by atoms with Gasteiger partial charge in [0.05, 0.1) is 0 Å². The predicted molar refractivity (Wildman–Crippen MR) is 43.7 cm³/mol. The van der Waals surface area contributed by atoms with Crippen molar-refractivity contribution in [3.8, 4) is 0 Å². The summed E-state index contributed by atoms with van der Waals surface area (Å²) in [6, 6.07) is 0. The fourth-order valence-electron chi connectivity index (χ4n) is 0.816. The van der Waals surface area contributed by atoms with Crippen molar-refractivity contribution in [2.24, 2.45) is 5.73 Å². The maximum Gasteiger partial charge on any atom is 0.108 e. The minimum atomic E-state index is 0.316. The van der Waals surface area contributed by atoms with Gasteiger partial charge in [-0.2, -0.15) is 0 Å². The van der Waals surface area contributed by atoms with Crippen molar-refractivity contribution in [1.82, 2.24) is 0 Å². The number of hydrogen-bond acceptors (Lipinski definition) is 2. The summed E-state index contributed by atoms with van der Waals surface area (Å²) >= 11 is 0. The van der Waals surface area contributed by atoms with Crippen molar-refractivity contribution in [2.45, 2.75) is 39.0 Å². The van der Waals surface area contributed by atoms with Crippen molar-refractivity contribution < 1.29 is 5.11 Å². The van der Waals surface area contributed by atoms with Crippen LogP contribution in [0.5, 0.6) is 0 Å². The zero-order valence-corrected chi connectivity index (χ0v) is 6.64. The number of unbranched alkanes of at least 4 members (excludes halogenated alkanes) is 3. The maximum atomic E-state index is 8.89. The topological polar surface area (TPSA) is 46.2 Å². The van der Waals surface area contributed by atoms with Crippen molar-refractivity contribution in [1.29, 1.82) is 0 Å². The van der Waals surface area contributed by atoms with Gasteiger partial charge in [-0.25, -0.2) is 0 Å². The van der Waals surface area contributed by atoms with Crippen LogP contribution < -0.4 is 5.73 Å². The van der Waals surface area contributed by atoms with Crippen LogP contribution >= 0.6 is 0 Å². The van der Waals surface area contributed by atoms with Crippen LogP contribution in [-0.2, 0) is 0 Å². The molecule has 60 valence electrons. The molecule has 0 rings (SSSR count). The average Bonchev–Trinajstić information content (AvgIpc) is 1.98. The van der Waals surface area contributed by atoms with Gasteiger partial charge in [0.15, 0.2) is 0 Å². The molecule has 0 aromatic heterocycles. The molecule has 0 amide bonds. The fourth-order valence-corrected chi connectivity index (χ4v) is 0.816. The molecule has 0 radical (unpaired) electrons. The first-order valence-electron chi connectivity index (χ1n) is 3.91. The highest BCUT2D eigenvalue weighted by Crippen LogP contribution is 2.06. The molecular weight excluding hydrogens is 126 g/mol. The van der Waals surface area contributed by atoms with E-state index in [4.69, 9.17) is 10.8 Å².